The standard InChI is InChI=1S/C6H10NO.2C6H5.HI.Sn/c1-2-7-5-3-4-6(7)8;2*1-2-4-6-5-3-1;;/h1-5H2;2*1-5H;1H;/q;;;;+1/p-1. The number of rotatable bonds is 5. The number of likely N-dealkylation sites (tertiary alicyclic amines) is 1. The Balaban J connectivity index is 1.88. The molecule has 1 saturated heterocycles. The van der Waals surface area contributed by atoms with Crippen LogP contribution in [0.1, 0.15) is 12.8 Å². The van der Waals surface area contributed by atoms with Crippen molar-refractivity contribution >= 4 is 46.1 Å². The molecule has 3 rings (SSSR count). The van der Waals surface area contributed by atoms with Crippen LogP contribution in [0.2, 0.25) is 4.44 Å². The third-order valence-electron chi connectivity index (χ3n) is 4.36. The van der Waals surface area contributed by atoms with Crippen molar-refractivity contribution in [3.8, 4) is 0 Å². The first-order chi connectivity index (χ1) is 10.7. The van der Waals surface area contributed by atoms with Gasteiger partial charge in [0.2, 0.25) is 0 Å². The summed E-state index contributed by atoms with van der Waals surface area (Å²) in [6.45, 7) is 1.86. The van der Waals surface area contributed by atoms with Gasteiger partial charge in [0.05, 0.1) is 0 Å². The van der Waals surface area contributed by atoms with E-state index in [0.717, 1.165) is 30.4 Å². The zero-order valence-corrected chi connectivity index (χ0v) is 17.6. The zero-order valence-electron chi connectivity index (χ0n) is 12.5. The van der Waals surface area contributed by atoms with Crippen LogP contribution in [-0.4, -0.2) is 38.3 Å². The minimum absolute atomic E-state index is 0.339. The van der Waals surface area contributed by atoms with Gasteiger partial charge in [0.1, 0.15) is 0 Å². The van der Waals surface area contributed by atoms with Crippen molar-refractivity contribution in [1.29, 1.82) is 0 Å². The number of amides is 1. The number of hydrogen-bond acceptors (Lipinski definition) is 1. The van der Waals surface area contributed by atoms with Crippen molar-refractivity contribution in [3.63, 3.8) is 0 Å². The molecule has 4 heteroatoms. The van der Waals surface area contributed by atoms with Gasteiger partial charge in [0.25, 0.3) is 0 Å². The molecule has 0 saturated carbocycles. The van der Waals surface area contributed by atoms with Gasteiger partial charge in [-0.3, -0.25) is 0 Å². The van der Waals surface area contributed by atoms with Gasteiger partial charge in [-0.05, 0) is 0 Å². The predicted molar refractivity (Wildman–Crippen MR) is 103 cm³/mol. The Morgan fingerprint density at radius 1 is 0.955 bits per heavy atom. The van der Waals surface area contributed by atoms with Crippen molar-refractivity contribution in [1.82, 2.24) is 4.90 Å². The molecule has 0 N–H and O–H groups in total. The Bertz CT molecular complexity index is 593. The summed E-state index contributed by atoms with van der Waals surface area (Å²) in [6, 6.07) is 21.9. The third-order valence-corrected chi connectivity index (χ3v) is 26.1. The summed E-state index contributed by atoms with van der Waals surface area (Å²) in [5.74, 6) is 0.339. The van der Waals surface area contributed by atoms with E-state index < -0.39 is 14.4 Å². The van der Waals surface area contributed by atoms with Crippen molar-refractivity contribution < 1.29 is 4.79 Å². The zero-order chi connectivity index (χ0) is 15.4. The van der Waals surface area contributed by atoms with E-state index in [-0.39, 0.29) is 0 Å². The number of nitrogens with zero attached hydrogens (tertiary/aromatic N) is 1. The van der Waals surface area contributed by atoms with Gasteiger partial charge in [-0.15, -0.1) is 0 Å². The molecule has 1 aliphatic heterocycles. The quantitative estimate of drug-likeness (QED) is 0.447. The number of hydrogen-bond donors (Lipinski definition) is 0. The van der Waals surface area contributed by atoms with E-state index in [2.05, 4.69) is 84.2 Å². The summed E-state index contributed by atoms with van der Waals surface area (Å²) < 4.78 is 4.17. The predicted octanol–water partition coefficient (Wildman–Crippen LogP) is 2.80. The monoisotopic (exact) mass is 513 g/mol. The summed E-state index contributed by atoms with van der Waals surface area (Å²) in [4.78, 5) is 14.0. The molecular formula is C18H20INOSn. The molecule has 1 amide bonds. The van der Waals surface area contributed by atoms with Gasteiger partial charge in [0.15, 0.2) is 0 Å². The average Bonchev–Trinajstić information content (AvgIpc) is 2.99. The SMILES string of the molecule is O=C1CCCN1C[CH2][Sn]([I])([c]1ccccc1)[c]1ccccc1. The molecule has 1 heterocycles. The molecular weight excluding hydrogens is 492 g/mol. The topological polar surface area (TPSA) is 20.3 Å². The van der Waals surface area contributed by atoms with Crippen LogP contribution in [-0.2, 0) is 4.79 Å². The van der Waals surface area contributed by atoms with Crippen LogP contribution in [0.3, 0.4) is 0 Å². The summed E-state index contributed by atoms with van der Waals surface area (Å²) in [5, 5.41) is 0. The summed E-state index contributed by atoms with van der Waals surface area (Å²) in [5.41, 5.74) is 0. The second-order valence-electron chi connectivity index (χ2n) is 5.77. The Labute approximate surface area is 146 Å². The maximum atomic E-state index is 11.9. The Morgan fingerprint density at radius 3 is 1.95 bits per heavy atom. The number of carbonyl (C=O) groups is 1. The van der Waals surface area contributed by atoms with Crippen LogP contribution in [0.5, 0.6) is 0 Å². The van der Waals surface area contributed by atoms with Gasteiger partial charge in [-0.2, -0.15) is 0 Å². The minimum atomic E-state index is -2.71. The van der Waals surface area contributed by atoms with Crippen molar-refractivity contribution in [2.75, 3.05) is 13.1 Å². The van der Waals surface area contributed by atoms with Crippen LogP contribution in [0.25, 0.3) is 0 Å². The molecule has 2 aromatic carbocycles. The number of carbonyl (C=O) groups excluding carboxylic acids is 1. The normalized spacial score (nSPS) is 15.3. The molecule has 2 aromatic rings. The molecule has 22 heavy (non-hydrogen) atoms. The molecule has 1 fully saturated rings. The molecule has 0 unspecified atom stereocenters. The van der Waals surface area contributed by atoms with Crippen LogP contribution < -0.4 is 7.16 Å². The van der Waals surface area contributed by atoms with Crippen molar-refractivity contribution in [2.45, 2.75) is 17.3 Å². The average molecular weight is 512 g/mol. The fourth-order valence-electron chi connectivity index (χ4n) is 3.09. The number of halogens is 1. The first-order valence-electron chi connectivity index (χ1n) is 7.78. The van der Waals surface area contributed by atoms with E-state index in [1.807, 2.05) is 0 Å². The van der Waals surface area contributed by atoms with Gasteiger partial charge < -0.3 is 0 Å². The van der Waals surface area contributed by atoms with Crippen LogP contribution >= 0.6 is 18.6 Å². The van der Waals surface area contributed by atoms with E-state index in [0.29, 0.717) is 5.91 Å². The summed E-state index contributed by atoms with van der Waals surface area (Å²) >= 11 is 0.0644. The third kappa shape index (κ3) is 3.50. The van der Waals surface area contributed by atoms with Crippen molar-refractivity contribution in [2.24, 2.45) is 0 Å². The fourth-order valence-corrected chi connectivity index (χ4v) is 17.9. The molecule has 1 aliphatic rings. The van der Waals surface area contributed by atoms with Crippen LogP contribution in [0.15, 0.2) is 60.7 Å². The Hall–Kier alpha value is -0.561. The van der Waals surface area contributed by atoms with Gasteiger partial charge >= 0.3 is 147 Å². The van der Waals surface area contributed by atoms with E-state index in [4.69, 9.17) is 0 Å². The molecule has 0 atom stereocenters. The second kappa shape index (κ2) is 7.34. The second-order valence-corrected chi connectivity index (χ2v) is 27.4. The van der Waals surface area contributed by atoms with Crippen LogP contribution in [0.4, 0.5) is 0 Å². The van der Waals surface area contributed by atoms with E-state index in [9.17, 15) is 4.79 Å². The maximum absolute atomic E-state index is 11.9. The Kier molecular flexibility index (Phi) is 5.44. The van der Waals surface area contributed by atoms with E-state index in [1.165, 1.54) is 7.16 Å². The first-order valence-corrected chi connectivity index (χ1v) is 21.0. The molecule has 0 radical (unpaired) electrons. The molecule has 2 nitrogen and oxygen atoms in total. The summed E-state index contributed by atoms with van der Waals surface area (Å²) in [6.07, 6.45) is 1.76. The molecule has 114 valence electrons. The Morgan fingerprint density at radius 2 is 1.50 bits per heavy atom. The fraction of sp³-hybridized carbons (Fsp3) is 0.278. The van der Waals surface area contributed by atoms with Gasteiger partial charge in [-0.1, -0.05) is 0 Å². The van der Waals surface area contributed by atoms with Crippen LogP contribution in [0, 0.1) is 0 Å². The van der Waals surface area contributed by atoms with Gasteiger partial charge in [-0.25, -0.2) is 0 Å². The summed E-state index contributed by atoms with van der Waals surface area (Å²) in [7, 11) is 0. The van der Waals surface area contributed by atoms with Gasteiger partial charge in [0, 0.05) is 0 Å². The molecule has 0 aliphatic carbocycles. The van der Waals surface area contributed by atoms with Crippen molar-refractivity contribution in [3.05, 3.63) is 60.7 Å². The number of benzene rings is 2. The molecule has 0 bridgehead atoms. The van der Waals surface area contributed by atoms with E-state index in [1.54, 1.807) is 0 Å². The van der Waals surface area contributed by atoms with E-state index >= 15 is 0 Å². The first kappa shape index (κ1) is 16.3. The molecule has 0 spiro atoms. The molecule has 0 aromatic heterocycles.